The Morgan fingerprint density at radius 3 is 0.872 bits per heavy atom. The summed E-state index contributed by atoms with van der Waals surface area (Å²) in [4.78, 5) is 17.0. The minimum Gasteiger partial charge on any atom is -0.508 e. The second-order valence-electron chi connectivity index (χ2n) is 7.18. The van der Waals surface area contributed by atoms with Gasteiger partial charge in [0.15, 0.2) is 0 Å². The molecule has 2 aromatic carbocycles. The fraction of sp³-hybridized carbons (Fsp3) is 0.400. The zero-order valence-electron chi connectivity index (χ0n) is 19.5. The van der Waals surface area contributed by atoms with Gasteiger partial charge in [-0.3, -0.25) is 0 Å². The quantitative estimate of drug-likeness (QED) is 0.215. The van der Waals surface area contributed by atoms with Crippen LogP contribution in [0.3, 0.4) is 0 Å². The molecular weight excluding hydrogens is 593 g/mol. The smallest absolute Gasteiger partial charge is 0.416 e. The van der Waals surface area contributed by atoms with Crippen LogP contribution in [0.1, 0.15) is 36.1 Å². The average Bonchev–Trinajstić information content (AvgIpc) is 2.71. The molecule has 2 rings (SSSR count). The summed E-state index contributed by atoms with van der Waals surface area (Å²) >= 11 is 0. The number of alkyl halides is 12. The second kappa shape index (κ2) is 13.1. The van der Waals surface area contributed by atoms with E-state index < -0.39 is 66.2 Å². The molecule has 224 valence electrons. The van der Waals surface area contributed by atoms with Crippen LogP contribution in [0.4, 0.5) is 52.7 Å². The summed E-state index contributed by atoms with van der Waals surface area (Å²) in [5.74, 6) is -2.14. The van der Waals surface area contributed by atoms with Crippen molar-refractivity contribution in [2.24, 2.45) is 0 Å². The maximum Gasteiger partial charge on any atom is 0.416 e. The first kappa shape index (κ1) is 36.3. The lowest BCUT2D eigenvalue weighted by Gasteiger charge is -2.18. The van der Waals surface area contributed by atoms with Crippen molar-refractivity contribution >= 4 is 7.75 Å². The highest BCUT2D eigenvalue weighted by atomic mass is 31.2. The molecule has 0 aliphatic carbocycles. The molecule has 0 atom stereocenters. The highest BCUT2D eigenvalue weighted by molar-refractivity contribution is 7.49. The predicted octanol–water partition coefficient (Wildman–Crippen LogP) is 7.28. The molecular formula is C20H20F12NO5P. The Hall–Kier alpha value is -2.69. The molecule has 2 aromatic rings. The summed E-state index contributed by atoms with van der Waals surface area (Å²) in [5.41, 5.74) is -6.13. The largest absolute Gasteiger partial charge is 0.508 e. The molecule has 0 spiro atoms. The fourth-order valence-electron chi connectivity index (χ4n) is 2.47. The Bertz CT molecular complexity index is 982. The standard InChI is InChI=1S/2C8H4F6O.C4H12NO3P/c2*9-7(10,11)4-1-5(8(12,13)14)3-6(15)2-4;1-3-5(4-2)9(6,7)8/h2*1-3,15H;3-4H2,1-2H3,(H2,6,7,8). The maximum atomic E-state index is 12.1. The van der Waals surface area contributed by atoms with E-state index in [2.05, 4.69) is 0 Å². The van der Waals surface area contributed by atoms with Crippen LogP contribution < -0.4 is 0 Å². The highest BCUT2D eigenvalue weighted by Crippen LogP contribution is 2.40. The van der Waals surface area contributed by atoms with Crippen molar-refractivity contribution in [3.63, 3.8) is 0 Å². The highest BCUT2D eigenvalue weighted by Gasteiger charge is 2.38. The lowest BCUT2D eigenvalue weighted by Crippen LogP contribution is -2.18. The number of benzene rings is 2. The van der Waals surface area contributed by atoms with E-state index in [1.807, 2.05) is 0 Å². The van der Waals surface area contributed by atoms with Gasteiger partial charge >= 0.3 is 32.5 Å². The van der Waals surface area contributed by atoms with Gasteiger partial charge in [0.2, 0.25) is 0 Å². The van der Waals surface area contributed by atoms with Crippen molar-refractivity contribution in [2.45, 2.75) is 38.6 Å². The average molecular weight is 613 g/mol. The first-order valence-corrected chi connectivity index (χ1v) is 11.6. The monoisotopic (exact) mass is 613 g/mol. The second-order valence-corrected chi connectivity index (χ2v) is 8.77. The summed E-state index contributed by atoms with van der Waals surface area (Å²) in [7, 11) is -3.94. The Morgan fingerprint density at radius 1 is 0.564 bits per heavy atom. The van der Waals surface area contributed by atoms with Crippen molar-refractivity contribution in [2.75, 3.05) is 13.1 Å². The van der Waals surface area contributed by atoms with Crippen LogP contribution in [-0.4, -0.2) is 37.8 Å². The van der Waals surface area contributed by atoms with Crippen LogP contribution in [0.2, 0.25) is 0 Å². The first-order chi connectivity index (χ1) is 17.2. The molecule has 0 amide bonds. The van der Waals surface area contributed by atoms with Gasteiger partial charge in [0.05, 0.1) is 22.3 Å². The lowest BCUT2D eigenvalue weighted by molar-refractivity contribution is -0.144. The van der Waals surface area contributed by atoms with Gasteiger partial charge in [-0.1, -0.05) is 13.8 Å². The molecule has 0 aliphatic heterocycles. The summed E-state index contributed by atoms with van der Waals surface area (Å²) in [6.07, 6.45) is -19.7. The third-order valence-corrected chi connectivity index (χ3v) is 5.55. The molecule has 0 saturated heterocycles. The molecule has 0 heterocycles. The minimum atomic E-state index is -4.92. The number of aromatic hydroxyl groups is 2. The molecule has 0 radical (unpaired) electrons. The van der Waals surface area contributed by atoms with E-state index in [0.29, 0.717) is 13.1 Å². The summed E-state index contributed by atoms with van der Waals surface area (Å²) in [6.45, 7) is 4.20. The van der Waals surface area contributed by atoms with Crippen LogP contribution >= 0.6 is 7.75 Å². The Morgan fingerprint density at radius 2 is 0.769 bits per heavy atom. The molecule has 0 aliphatic rings. The van der Waals surface area contributed by atoms with Gasteiger partial charge in [-0.15, -0.1) is 0 Å². The molecule has 4 N–H and O–H groups in total. The predicted molar refractivity (Wildman–Crippen MR) is 111 cm³/mol. The van der Waals surface area contributed by atoms with Gasteiger partial charge in [0.25, 0.3) is 0 Å². The summed E-state index contributed by atoms with van der Waals surface area (Å²) in [6, 6.07) is 0.814. The number of phenols is 2. The van der Waals surface area contributed by atoms with Crippen LogP contribution in [0, 0.1) is 0 Å². The third-order valence-electron chi connectivity index (χ3n) is 4.24. The Kier molecular flexibility index (Phi) is 12.2. The lowest BCUT2D eigenvalue weighted by atomic mass is 10.1. The van der Waals surface area contributed by atoms with E-state index in [9.17, 15) is 57.3 Å². The summed E-state index contributed by atoms with van der Waals surface area (Å²) < 4.78 is 156. The van der Waals surface area contributed by atoms with Crippen LogP contribution in [0.25, 0.3) is 0 Å². The van der Waals surface area contributed by atoms with Gasteiger partial charge in [0.1, 0.15) is 11.5 Å². The van der Waals surface area contributed by atoms with E-state index >= 15 is 0 Å². The molecule has 0 saturated carbocycles. The van der Waals surface area contributed by atoms with E-state index in [1.54, 1.807) is 13.8 Å². The van der Waals surface area contributed by atoms with Crippen molar-refractivity contribution in [1.29, 1.82) is 0 Å². The van der Waals surface area contributed by atoms with Gasteiger partial charge in [-0.2, -0.15) is 52.7 Å². The first-order valence-electron chi connectivity index (χ1n) is 10.0. The topological polar surface area (TPSA) is 101 Å². The Balaban J connectivity index is 0.000000576. The fourth-order valence-corrected chi connectivity index (χ4v) is 3.21. The van der Waals surface area contributed by atoms with E-state index in [1.165, 1.54) is 0 Å². The number of halogens is 12. The molecule has 0 fully saturated rings. The number of hydrogen-bond acceptors (Lipinski definition) is 3. The van der Waals surface area contributed by atoms with Gasteiger partial charge in [0, 0.05) is 13.1 Å². The number of phenolic OH excluding ortho intramolecular Hbond substituents is 2. The van der Waals surface area contributed by atoms with Gasteiger partial charge in [-0.05, 0) is 36.4 Å². The molecule has 19 heteroatoms. The van der Waals surface area contributed by atoms with E-state index in [4.69, 9.17) is 20.0 Å². The van der Waals surface area contributed by atoms with Crippen LogP contribution in [-0.2, 0) is 29.3 Å². The molecule has 6 nitrogen and oxygen atoms in total. The van der Waals surface area contributed by atoms with Crippen molar-refractivity contribution in [3.8, 4) is 11.5 Å². The van der Waals surface area contributed by atoms with Crippen LogP contribution in [0.15, 0.2) is 36.4 Å². The van der Waals surface area contributed by atoms with Crippen molar-refractivity contribution < 1.29 is 77.2 Å². The SMILES string of the molecule is CCN(CC)P(=O)(O)O.Oc1cc(C(F)(F)F)cc(C(F)(F)F)c1.Oc1cc(C(F)(F)F)cc(C(F)(F)F)c1. The zero-order chi connectivity index (χ0) is 31.2. The third kappa shape index (κ3) is 12.8. The normalized spacial score (nSPS) is 12.8. The molecule has 39 heavy (non-hydrogen) atoms. The molecule has 0 bridgehead atoms. The number of hydrogen-bond donors (Lipinski definition) is 4. The number of nitrogens with zero attached hydrogens (tertiary/aromatic N) is 1. The number of rotatable bonds is 3. The zero-order valence-corrected chi connectivity index (χ0v) is 20.4. The van der Waals surface area contributed by atoms with Crippen molar-refractivity contribution in [1.82, 2.24) is 4.67 Å². The maximum absolute atomic E-state index is 12.1. The Labute approximate surface area is 212 Å². The summed E-state index contributed by atoms with van der Waals surface area (Å²) in [5, 5.41) is 17.4. The van der Waals surface area contributed by atoms with Gasteiger partial charge < -0.3 is 20.0 Å². The van der Waals surface area contributed by atoms with E-state index in [0.717, 1.165) is 4.67 Å². The van der Waals surface area contributed by atoms with Crippen LogP contribution in [0.5, 0.6) is 11.5 Å². The molecule has 0 unspecified atom stereocenters. The minimum absolute atomic E-state index is 0.0558. The van der Waals surface area contributed by atoms with E-state index in [-0.39, 0.29) is 36.4 Å². The van der Waals surface area contributed by atoms with Crippen molar-refractivity contribution in [3.05, 3.63) is 58.7 Å². The molecule has 0 aromatic heterocycles. The van der Waals surface area contributed by atoms with Gasteiger partial charge in [-0.25, -0.2) is 9.24 Å².